The Kier molecular flexibility index (Phi) is 4.70. The van der Waals surface area contributed by atoms with Crippen LogP contribution < -0.4 is 10.6 Å². The Labute approximate surface area is 181 Å². The van der Waals surface area contributed by atoms with Crippen LogP contribution in [0.15, 0.2) is 66.0 Å². The molecule has 1 aliphatic heterocycles. The van der Waals surface area contributed by atoms with Crippen LogP contribution in [0.2, 0.25) is 0 Å². The number of carbonyl (C=O) groups is 2. The van der Waals surface area contributed by atoms with Gasteiger partial charge in [0, 0.05) is 23.4 Å². The molecule has 0 saturated carbocycles. The van der Waals surface area contributed by atoms with Gasteiger partial charge < -0.3 is 10.6 Å². The van der Waals surface area contributed by atoms with Crippen molar-refractivity contribution in [2.24, 2.45) is 0 Å². The van der Waals surface area contributed by atoms with E-state index in [4.69, 9.17) is 0 Å². The lowest BCUT2D eigenvalue weighted by Gasteiger charge is -2.33. The summed E-state index contributed by atoms with van der Waals surface area (Å²) in [7, 11) is 0. The number of nitrogens with one attached hydrogen (secondary N) is 2. The second-order valence-corrected chi connectivity index (χ2v) is 8.21. The van der Waals surface area contributed by atoms with Crippen LogP contribution in [-0.4, -0.2) is 21.5 Å². The number of hydrogen-bond donors (Lipinski definition) is 2. The van der Waals surface area contributed by atoms with E-state index in [1.54, 1.807) is 10.9 Å². The molecule has 0 fully saturated rings. The van der Waals surface area contributed by atoms with E-state index >= 15 is 0 Å². The molecule has 5 rings (SSSR count). The lowest BCUT2D eigenvalue weighted by Crippen LogP contribution is -2.32. The Hall–Kier alpha value is -3.67. The Morgan fingerprint density at radius 3 is 2.68 bits per heavy atom. The predicted octanol–water partition coefficient (Wildman–Crippen LogP) is 4.77. The third-order valence-corrected chi connectivity index (χ3v) is 6.16. The van der Waals surface area contributed by atoms with Crippen molar-refractivity contribution >= 4 is 23.2 Å². The van der Waals surface area contributed by atoms with Crippen molar-refractivity contribution in [3.8, 4) is 0 Å². The maximum Gasteiger partial charge on any atom is 0.261 e. The second-order valence-electron chi connectivity index (χ2n) is 8.21. The molecule has 6 heteroatoms. The molecule has 3 aromatic rings. The van der Waals surface area contributed by atoms with Crippen LogP contribution in [0.25, 0.3) is 0 Å². The van der Waals surface area contributed by atoms with Gasteiger partial charge in [0.2, 0.25) is 0 Å². The smallest absolute Gasteiger partial charge is 0.261 e. The minimum absolute atomic E-state index is 0.143. The summed E-state index contributed by atoms with van der Waals surface area (Å²) in [5.74, 6) is 0.545. The number of hydrogen-bond acceptors (Lipinski definition) is 4. The molecule has 6 nitrogen and oxygen atoms in total. The van der Waals surface area contributed by atoms with Crippen LogP contribution in [0.4, 0.5) is 11.5 Å². The summed E-state index contributed by atoms with van der Waals surface area (Å²) < 4.78 is 1.77. The zero-order valence-electron chi connectivity index (χ0n) is 17.6. The van der Waals surface area contributed by atoms with E-state index in [0.717, 1.165) is 40.9 Å². The van der Waals surface area contributed by atoms with E-state index in [0.29, 0.717) is 17.8 Å². The molecule has 0 bridgehead atoms. The summed E-state index contributed by atoms with van der Waals surface area (Å²) in [6, 6.07) is 15.4. The monoisotopic (exact) mass is 412 g/mol. The minimum atomic E-state index is -0.330. The molecular formula is C25H24N4O2. The van der Waals surface area contributed by atoms with Crippen LogP contribution in [0.3, 0.4) is 0 Å². The molecule has 2 aliphatic rings. The maximum atomic E-state index is 13.1. The van der Waals surface area contributed by atoms with Crippen molar-refractivity contribution in [1.29, 1.82) is 0 Å². The first-order valence-electron chi connectivity index (χ1n) is 10.6. The Bertz CT molecular complexity index is 1220. The zero-order chi connectivity index (χ0) is 21.5. The average Bonchev–Trinajstić information content (AvgIpc) is 3.19. The number of anilines is 2. The molecule has 0 spiro atoms. The van der Waals surface area contributed by atoms with E-state index < -0.39 is 0 Å². The Morgan fingerprint density at radius 2 is 1.90 bits per heavy atom. The highest BCUT2D eigenvalue weighted by molar-refractivity contribution is 6.08. The molecular weight excluding hydrogens is 388 g/mol. The largest absolute Gasteiger partial charge is 0.343 e. The highest BCUT2D eigenvalue weighted by Crippen LogP contribution is 2.41. The predicted molar refractivity (Wildman–Crippen MR) is 120 cm³/mol. The molecule has 2 heterocycles. The Morgan fingerprint density at radius 1 is 1.10 bits per heavy atom. The van der Waals surface area contributed by atoms with Gasteiger partial charge in [0.15, 0.2) is 5.78 Å². The number of Topliss-reactive ketones (excluding diaryl/α,β-unsaturated/α-hetero) is 1. The first-order chi connectivity index (χ1) is 15.0. The quantitative estimate of drug-likeness (QED) is 0.649. The van der Waals surface area contributed by atoms with Crippen molar-refractivity contribution < 1.29 is 9.59 Å². The van der Waals surface area contributed by atoms with Crippen molar-refractivity contribution in [2.75, 3.05) is 10.6 Å². The number of aromatic nitrogens is 2. The number of nitrogens with zero attached hydrogens (tertiary/aromatic N) is 2. The summed E-state index contributed by atoms with van der Waals surface area (Å²) in [6.45, 7) is 4.06. The second kappa shape index (κ2) is 7.54. The van der Waals surface area contributed by atoms with Crippen molar-refractivity contribution in [3.05, 3.63) is 88.3 Å². The van der Waals surface area contributed by atoms with Gasteiger partial charge in [0.1, 0.15) is 17.4 Å². The molecule has 2 aromatic carbocycles. The van der Waals surface area contributed by atoms with Gasteiger partial charge in [-0.15, -0.1) is 0 Å². The number of aryl methyl sites for hydroxylation is 2. The topological polar surface area (TPSA) is 76.0 Å². The van der Waals surface area contributed by atoms with Gasteiger partial charge in [-0.05, 0) is 55.5 Å². The highest BCUT2D eigenvalue weighted by Gasteiger charge is 2.37. The van der Waals surface area contributed by atoms with Gasteiger partial charge >= 0.3 is 0 Å². The van der Waals surface area contributed by atoms with Crippen LogP contribution in [0.1, 0.15) is 52.4 Å². The fraction of sp³-hybridized carbons (Fsp3) is 0.240. The van der Waals surface area contributed by atoms with Gasteiger partial charge in [-0.3, -0.25) is 9.59 Å². The number of carbonyl (C=O) groups excluding carboxylic acids is 2. The number of allylic oxidation sites excluding steroid dienone is 2. The van der Waals surface area contributed by atoms with Gasteiger partial charge in [0.05, 0.1) is 6.20 Å². The van der Waals surface area contributed by atoms with Gasteiger partial charge in [-0.25, -0.2) is 4.68 Å². The van der Waals surface area contributed by atoms with Crippen molar-refractivity contribution in [2.45, 2.75) is 39.2 Å². The van der Waals surface area contributed by atoms with E-state index in [9.17, 15) is 9.59 Å². The molecule has 1 aliphatic carbocycles. The fourth-order valence-electron chi connectivity index (χ4n) is 4.39. The van der Waals surface area contributed by atoms with Crippen LogP contribution in [-0.2, 0) is 4.79 Å². The van der Waals surface area contributed by atoms with E-state index in [1.165, 1.54) is 5.56 Å². The van der Waals surface area contributed by atoms with Crippen molar-refractivity contribution in [1.82, 2.24) is 9.78 Å². The van der Waals surface area contributed by atoms with Crippen molar-refractivity contribution in [3.63, 3.8) is 0 Å². The summed E-state index contributed by atoms with van der Waals surface area (Å²) in [4.78, 5) is 26.0. The lowest BCUT2D eigenvalue weighted by molar-refractivity contribution is -0.116. The van der Waals surface area contributed by atoms with Crippen LogP contribution in [0.5, 0.6) is 0 Å². The molecule has 1 unspecified atom stereocenters. The highest BCUT2D eigenvalue weighted by atomic mass is 16.1. The lowest BCUT2D eigenvalue weighted by atomic mass is 9.85. The number of ketones is 1. The number of rotatable bonds is 3. The van der Waals surface area contributed by atoms with E-state index in [-0.39, 0.29) is 17.7 Å². The van der Waals surface area contributed by atoms with E-state index in [2.05, 4.69) is 15.7 Å². The molecule has 156 valence electrons. The number of benzene rings is 2. The number of amides is 1. The molecule has 2 N–H and O–H groups in total. The normalized spacial score (nSPS) is 17.6. The molecule has 31 heavy (non-hydrogen) atoms. The minimum Gasteiger partial charge on any atom is -0.343 e. The maximum absolute atomic E-state index is 13.1. The van der Waals surface area contributed by atoms with Gasteiger partial charge in [-0.2, -0.15) is 5.10 Å². The standard InChI is InChI=1S/C25H24N4O2/c1-15-11-12-18(13-16(15)2)27-25(31)19-14-26-29-23(17-7-4-3-5-8-17)22-20(28-24(19)29)9-6-10-21(22)30/h3-5,7-8,11-14,23,28H,6,9-10H2,1-2H3,(H,27,31). The average molecular weight is 412 g/mol. The van der Waals surface area contributed by atoms with Gasteiger partial charge in [0.25, 0.3) is 5.91 Å². The third kappa shape index (κ3) is 3.34. The summed E-state index contributed by atoms with van der Waals surface area (Å²) >= 11 is 0. The van der Waals surface area contributed by atoms with Crippen LogP contribution >= 0.6 is 0 Å². The SMILES string of the molecule is Cc1ccc(NC(=O)c2cnn3c2NC2=C(C(=O)CCC2)C3c2ccccc2)cc1C. The number of fused-ring (bicyclic) bond motifs is 1. The molecule has 0 saturated heterocycles. The fourth-order valence-corrected chi connectivity index (χ4v) is 4.39. The molecule has 1 amide bonds. The van der Waals surface area contributed by atoms with E-state index in [1.807, 2.05) is 62.4 Å². The molecule has 0 radical (unpaired) electrons. The third-order valence-electron chi connectivity index (χ3n) is 6.16. The first kappa shape index (κ1) is 19.3. The Balaban J connectivity index is 1.55. The molecule has 1 atom stereocenters. The summed E-state index contributed by atoms with van der Waals surface area (Å²) in [5, 5.41) is 10.9. The summed E-state index contributed by atoms with van der Waals surface area (Å²) in [5.41, 5.74) is 6.15. The zero-order valence-corrected chi connectivity index (χ0v) is 17.6. The first-order valence-corrected chi connectivity index (χ1v) is 10.6. The van der Waals surface area contributed by atoms with Crippen LogP contribution in [0, 0.1) is 13.8 Å². The summed E-state index contributed by atoms with van der Waals surface area (Å²) in [6.07, 6.45) is 3.72. The van der Waals surface area contributed by atoms with Gasteiger partial charge in [-0.1, -0.05) is 36.4 Å². The molecule has 1 aromatic heterocycles.